The van der Waals surface area contributed by atoms with Crippen LogP contribution in [0.15, 0.2) is 31.4 Å². The number of rotatable bonds is 11. The Morgan fingerprint density at radius 3 is 2.24 bits per heavy atom. The van der Waals surface area contributed by atoms with Crippen LogP contribution in [0.4, 0.5) is 0 Å². The van der Waals surface area contributed by atoms with Gasteiger partial charge in [-0.15, -0.1) is 13.2 Å². The molecule has 1 aromatic carbocycles. The number of nitrogens with zero attached hydrogens (tertiary/aromatic N) is 3. The summed E-state index contributed by atoms with van der Waals surface area (Å²) >= 11 is 0. The number of nitrogens with two attached hydrogens (primary N) is 1. The topological polar surface area (TPSA) is 145 Å². The zero-order chi connectivity index (χ0) is 37.0. The number of likely N-dealkylation sites (tertiary alicyclic amines) is 1. The van der Waals surface area contributed by atoms with Gasteiger partial charge in [0.25, 0.3) is 5.91 Å². The summed E-state index contributed by atoms with van der Waals surface area (Å²) in [5.74, 6) is 2.94. The first-order valence-corrected chi connectivity index (χ1v) is 17.2. The van der Waals surface area contributed by atoms with E-state index >= 15 is 0 Å². The van der Waals surface area contributed by atoms with Gasteiger partial charge in [0, 0.05) is 36.6 Å². The molecule has 2 fully saturated rings. The number of fused-ring (bicyclic) bond motifs is 1. The third-order valence-electron chi connectivity index (χ3n) is 9.33. The number of benzene rings is 1. The van der Waals surface area contributed by atoms with Gasteiger partial charge in [0.2, 0.25) is 5.88 Å². The number of aromatic nitrogens is 2. The second-order valence-electron chi connectivity index (χ2n) is 13.3. The van der Waals surface area contributed by atoms with E-state index < -0.39 is 11.5 Å². The van der Waals surface area contributed by atoms with Crippen molar-refractivity contribution in [2.24, 2.45) is 28.9 Å². The Kier molecular flexibility index (Phi) is 24.9. The first-order valence-electron chi connectivity index (χ1n) is 17.2. The summed E-state index contributed by atoms with van der Waals surface area (Å²) < 4.78 is 12.3. The molecule has 2 heterocycles. The van der Waals surface area contributed by atoms with Gasteiger partial charge in [0.1, 0.15) is 30.4 Å². The minimum Gasteiger partial charge on any atom is -0.545 e. The summed E-state index contributed by atoms with van der Waals surface area (Å²) in [6.45, 7) is 26.4. The van der Waals surface area contributed by atoms with E-state index in [1.54, 1.807) is 4.90 Å². The van der Waals surface area contributed by atoms with Crippen molar-refractivity contribution < 1.29 is 47.5 Å². The van der Waals surface area contributed by atoms with E-state index in [9.17, 15) is 9.90 Å². The maximum atomic E-state index is 13.2. The van der Waals surface area contributed by atoms with Gasteiger partial charge < -0.3 is 34.8 Å². The van der Waals surface area contributed by atoms with E-state index in [-0.39, 0.29) is 42.5 Å². The first-order chi connectivity index (χ1) is 23.0. The summed E-state index contributed by atoms with van der Waals surface area (Å²) in [4.78, 5) is 40.6. The van der Waals surface area contributed by atoms with E-state index in [0.717, 1.165) is 47.2 Å². The van der Waals surface area contributed by atoms with Gasteiger partial charge >= 0.3 is 0 Å². The van der Waals surface area contributed by atoms with Gasteiger partial charge in [0.05, 0.1) is 24.2 Å². The van der Waals surface area contributed by atoms with Crippen LogP contribution < -0.4 is 15.2 Å². The molecule has 3 N–H and O–H groups in total. The molecule has 0 bridgehead atoms. The molecule has 2 aromatic rings. The molecule has 0 spiro atoms. The molecule has 10 nitrogen and oxygen atoms in total. The standard InChI is InChI=1S/C33H51N3O4.C2H4.CH5N.CH2O.CHO.V/c1-8-39-25-17-18-26-28(19-25)35-31(27(34-26)16-11-9-10-14-24-15-12-13-21(24)2)40-29-20-36(23(4)22(29)3)32(38)30(37)33(5,6)7;4*1-2;/h17-19,21-24,29-30,37H,8-16,20H2,1-7H3;1-2H2;2H2,1H3;1H2;1H;/q;;;;-1;/t21?,22-,23?,24-,29-,30+;;;;;/m0...../s1. The third-order valence-corrected chi connectivity index (χ3v) is 9.33. The van der Waals surface area contributed by atoms with Gasteiger partial charge in [-0.25, -0.2) is 9.97 Å². The summed E-state index contributed by atoms with van der Waals surface area (Å²) in [5.41, 5.74) is 6.44. The summed E-state index contributed by atoms with van der Waals surface area (Å²) in [5, 5.41) is 10.7. The normalized spacial score (nSPS) is 21.5. The molecule has 1 aliphatic heterocycles. The van der Waals surface area contributed by atoms with Gasteiger partial charge in [-0.2, -0.15) is 0 Å². The van der Waals surface area contributed by atoms with Crippen LogP contribution in [0.1, 0.15) is 99.1 Å². The number of carbonyl (C=O) groups excluding carboxylic acids is 3. The zero-order valence-electron chi connectivity index (χ0n) is 31.3. The monoisotopic (exact) mass is 722 g/mol. The fourth-order valence-electron chi connectivity index (χ4n) is 6.32. The van der Waals surface area contributed by atoms with Crippen molar-refractivity contribution in [3.8, 4) is 11.6 Å². The number of ether oxygens (including phenoxy) is 2. The van der Waals surface area contributed by atoms with Crippen molar-refractivity contribution in [1.29, 1.82) is 0 Å². The van der Waals surface area contributed by atoms with Crippen LogP contribution in [0.3, 0.4) is 0 Å². The van der Waals surface area contributed by atoms with Crippen LogP contribution in [0.25, 0.3) is 11.0 Å². The SMILES string of the molecule is C=C.C=O.CCOc1ccc2nc(CCCCC[C@H]3CCCC3C)c(O[C@H]3CN(C(=O)[C@@H](O)C(C)(C)C)C(C)[C@@H]3C)nc2c1.CN.[CH-]=O.[V]. The second kappa shape index (κ2) is 25.2. The van der Waals surface area contributed by atoms with Crippen molar-refractivity contribution >= 4 is 30.5 Å². The van der Waals surface area contributed by atoms with Crippen molar-refractivity contribution in [1.82, 2.24) is 14.9 Å². The number of hydrogen-bond acceptors (Lipinski definition) is 9. The Balaban J connectivity index is 0. The van der Waals surface area contributed by atoms with Crippen molar-refractivity contribution in [2.75, 3.05) is 20.2 Å². The number of aliphatic hydroxyl groups excluding tert-OH is 1. The number of carbonyl (C=O) groups is 2. The maximum absolute atomic E-state index is 13.2. The minimum absolute atomic E-state index is 0. The quantitative estimate of drug-likeness (QED) is 0.115. The minimum atomic E-state index is -1.05. The molecule has 1 aromatic heterocycles. The Morgan fingerprint density at radius 2 is 1.69 bits per heavy atom. The Bertz CT molecular complexity index is 1210. The van der Waals surface area contributed by atoms with Crippen LogP contribution >= 0.6 is 0 Å². The smallest absolute Gasteiger partial charge is 0.252 e. The molecule has 2 unspecified atom stereocenters. The van der Waals surface area contributed by atoms with Crippen LogP contribution in [0.2, 0.25) is 0 Å². The zero-order valence-corrected chi connectivity index (χ0v) is 32.7. The van der Waals surface area contributed by atoms with Crippen LogP contribution in [-0.2, 0) is 39.4 Å². The molecule has 277 valence electrons. The van der Waals surface area contributed by atoms with Gasteiger partial charge in [-0.3, -0.25) is 11.6 Å². The third kappa shape index (κ3) is 14.2. The number of aliphatic hydroxyl groups is 1. The van der Waals surface area contributed by atoms with E-state index in [0.29, 0.717) is 19.0 Å². The van der Waals surface area contributed by atoms with E-state index in [4.69, 9.17) is 29.0 Å². The first kappa shape index (κ1) is 48.3. The molecule has 6 atom stereocenters. The van der Waals surface area contributed by atoms with E-state index in [2.05, 4.69) is 39.5 Å². The predicted molar refractivity (Wildman–Crippen MR) is 195 cm³/mol. The van der Waals surface area contributed by atoms with Gasteiger partial charge in [-0.05, 0) is 63.1 Å². The molecule has 2 aliphatic rings. The summed E-state index contributed by atoms with van der Waals surface area (Å²) in [6.07, 6.45) is 8.52. The number of amides is 1. The van der Waals surface area contributed by atoms with Crippen molar-refractivity contribution in [3.63, 3.8) is 0 Å². The van der Waals surface area contributed by atoms with E-state index in [1.807, 2.05) is 59.6 Å². The van der Waals surface area contributed by atoms with Crippen molar-refractivity contribution in [2.45, 2.75) is 118 Å². The number of hydrogen-bond donors (Lipinski definition) is 2. The van der Waals surface area contributed by atoms with Gasteiger partial charge in [0.15, 0.2) is 0 Å². The fourth-order valence-corrected chi connectivity index (χ4v) is 6.32. The Labute approximate surface area is 307 Å². The number of aryl methyl sites for hydroxylation is 1. The molecular formula is C38H63N4O6V-. The van der Waals surface area contributed by atoms with Crippen LogP contribution in [-0.4, -0.2) is 77.9 Å². The van der Waals surface area contributed by atoms with Crippen molar-refractivity contribution in [3.05, 3.63) is 37.1 Å². The molecule has 1 amide bonds. The molecular weight excluding hydrogens is 659 g/mol. The molecule has 4 rings (SSSR count). The average Bonchev–Trinajstić information content (AvgIpc) is 3.64. The average molecular weight is 723 g/mol. The molecule has 1 saturated carbocycles. The Hall–Kier alpha value is -2.79. The molecule has 49 heavy (non-hydrogen) atoms. The molecule has 1 aliphatic carbocycles. The van der Waals surface area contributed by atoms with Crippen LogP contribution in [0.5, 0.6) is 11.6 Å². The second-order valence-corrected chi connectivity index (χ2v) is 13.3. The molecule has 11 heteroatoms. The maximum Gasteiger partial charge on any atom is 0.252 e. The summed E-state index contributed by atoms with van der Waals surface area (Å²) in [7, 11) is 1.50. The van der Waals surface area contributed by atoms with Crippen LogP contribution in [0, 0.1) is 23.2 Å². The number of unbranched alkanes of at least 4 members (excludes halogenated alkanes) is 2. The summed E-state index contributed by atoms with van der Waals surface area (Å²) in [6, 6.07) is 5.78. The molecule has 1 saturated heterocycles. The van der Waals surface area contributed by atoms with E-state index in [1.165, 1.54) is 45.6 Å². The molecule has 1 radical (unpaired) electrons. The predicted octanol–water partition coefficient (Wildman–Crippen LogP) is 6.50. The van der Waals surface area contributed by atoms with Gasteiger partial charge in [-0.1, -0.05) is 73.1 Å². The Morgan fingerprint density at radius 1 is 1.06 bits per heavy atom. The largest absolute Gasteiger partial charge is 0.545 e. The fraction of sp³-hybridized carbons (Fsp3) is 0.658.